The van der Waals surface area contributed by atoms with Crippen molar-refractivity contribution in [3.8, 4) is 0 Å². The molecule has 104 valence electrons. The Morgan fingerprint density at radius 1 is 1.00 bits per heavy atom. The van der Waals surface area contributed by atoms with Gasteiger partial charge in [0, 0.05) is 0 Å². The Morgan fingerprint density at radius 3 is 2.00 bits per heavy atom. The first-order valence-corrected chi connectivity index (χ1v) is 8.03. The number of hydrogen-bond acceptors (Lipinski definition) is 4. The number of aliphatic hydroxyl groups is 1. The normalized spacial score (nSPS) is 14.9. The molecule has 0 heterocycles. The van der Waals surface area contributed by atoms with Crippen molar-refractivity contribution in [3.05, 3.63) is 0 Å². The third-order valence-corrected chi connectivity index (χ3v) is 4.27. The molecule has 0 fully saturated rings. The van der Waals surface area contributed by atoms with Crippen LogP contribution in [0.3, 0.4) is 0 Å². The summed E-state index contributed by atoms with van der Waals surface area (Å²) in [5, 5.41) is 8.63. The van der Waals surface area contributed by atoms with Gasteiger partial charge in [0.05, 0.1) is 11.4 Å². The SMILES string of the molecule is CCCCCCCC(O)C(CCC)S(=O)(=O)[O-].[Na+]. The van der Waals surface area contributed by atoms with E-state index in [0.717, 1.165) is 32.1 Å². The van der Waals surface area contributed by atoms with Crippen molar-refractivity contribution in [1.29, 1.82) is 0 Å². The maximum atomic E-state index is 11.0. The van der Waals surface area contributed by atoms with Crippen molar-refractivity contribution in [2.75, 3.05) is 0 Å². The number of hydrogen-bond donors (Lipinski definition) is 1. The minimum atomic E-state index is -4.37. The van der Waals surface area contributed by atoms with Crippen molar-refractivity contribution < 1.29 is 47.6 Å². The van der Waals surface area contributed by atoms with Crippen LogP contribution in [0.25, 0.3) is 0 Å². The quantitative estimate of drug-likeness (QED) is 0.332. The van der Waals surface area contributed by atoms with Crippen LogP contribution in [0.2, 0.25) is 0 Å². The van der Waals surface area contributed by atoms with Crippen LogP contribution >= 0.6 is 0 Å². The van der Waals surface area contributed by atoms with Gasteiger partial charge in [0.1, 0.15) is 10.1 Å². The van der Waals surface area contributed by atoms with E-state index in [-0.39, 0.29) is 36.0 Å². The minimum absolute atomic E-state index is 0. The number of rotatable bonds is 10. The Morgan fingerprint density at radius 2 is 1.56 bits per heavy atom. The van der Waals surface area contributed by atoms with Crippen LogP contribution in [0.4, 0.5) is 0 Å². The second kappa shape index (κ2) is 11.7. The molecule has 0 amide bonds. The van der Waals surface area contributed by atoms with E-state index in [0.29, 0.717) is 12.8 Å². The van der Waals surface area contributed by atoms with Crippen LogP contribution in [0.1, 0.15) is 65.2 Å². The molecular formula is C12H25NaO4S. The molecule has 1 N–H and O–H groups in total. The van der Waals surface area contributed by atoms with Crippen LogP contribution in [0, 0.1) is 0 Å². The summed E-state index contributed by atoms with van der Waals surface area (Å²) < 4.78 is 32.9. The second-order valence-electron chi connectivity index (χ2n) is 4.59. The van der Waals surface area contributed by atoms with E-state index < -0.39 is 21.5 Å². The molecule has 0 aromatic rings. The Balaban J connectivity index is 0. The largest absolute Gasteiger partial charge is 1.00 e. The summed E-state index contributed by atoms with van der Waals surface area (Å²) in [5.74, 6) is 0. The van der Waals surface area contributed by atoms with Crippen molar-refractivity contribution in [1.82, 2.24) is 0 Å². The molecule has 0 aromatic heterocycles. The summed E-state index contributed by atoms with van der Waals surface area (Å²) in [6.45, 7) is 3.93. The van der Waals surface area contributed by atoms with Crippen molar-refractivity contribution in [3.63, 3.8) is 0 Å². The second-order valence-corrected chi connectivity index (χ2v) is 6.18. The van der Waals surface area contributed by atoms with Crippen molar-refractivity contribution in [2.45, 2.75) is 76.6 Å². The maximum absolute atomic E-state index is 11.0. The Bertz CT molecular complexity index is 280. The van der Waals surface area contributed by atoms with Crippen molar-refractivity contribution in [2.24, 2.45) is 0 Å². The first-order chi connectivity index (χ1) is 7.93. The Kier molecular flexibility index (Phi) is 13.7. The van der Waals surface area contributed by atoms with Gasteiger partial charge in [-0.15, -0.1) is 0 Å². The molecule has 18 heavy (non-hydrogen) atoms. The fourth-order valence-electron chi connectivity index (χ4n) is 1.96. The molecule has 0 rings (SSSR count). The summed E-state index contributed by atoms with van der Waals surface area (Å²) >= 11 is 0. The van der Waals surface area contributed by atoms with E-state index in [1.165, 1.54) is 0 Å². The average Bonchev–Trinajstić information content (AvgIpc) is 2.23. The molecule has 0 aliphatic rings. The molecule has 2 atom stereocenters. The molecule has 0 bridgehead atoms. The fraction of sp³-hybridized carbons (Fsp3) is 1.00. The van der Waals surface area contributed by atoms with E-state index in [2.05, 4.69) is 6.92 Å². The molecule has 0 saturated heterocycles. The number of aliphatic hydroxyl groups excluding tert-OH is 1. The van der Waals surface area contributed by atoms with Gasteiger partial charge in [-0.25, -0.2) is 8.42 Å². The first kappa shape index (κ1) is 21.2. The monoisotopic (exact) mass is 288 g/mol. The standard InChI is InChI=1S/C12H26O4S.Na/c1-3-5-6-7-8-10-11(13)12(9-4-2)17(14,15)16;/h11-13H,3-10H2,1-2H3,(H,14,15,16);/q;+1/p-1. The zero-order valence-electron chi connectivity index (χ0n) is 11.9. The summed E-state index contributed by atoms with van der Waals surface area (Å²) in [5.41, 5.74) is 0. The number of unbranched alkanes of at least 4 members (excludes halogenated alkanes) is 4. The molecule has 0 spiro atoms. The molecule has 0 saturated carbocycles. The molecule has 0 aliphatic carbocycles. The van der Waals surface area contributed by atoms with Gasteiger partial charge in [0.15, 0.2) is 0 Å². The Labute approximate surface area is 134 Å². The van der Waals surface area contributed by atoms with Gasteiger partial charge in [-0.2, -0.15) is 0 Å². The van der Waals surface area contributed by atoms with E-state index in [9.17, 15) is 18.1 Å². The molecule has 2 unspecified atom stereocenters. The van der Waals surface area contributed by atoms with Gasteiger partial charge in [0.25, 0.3) is 0 Å². The van der Waals surface area contributed by atoms with Gasteiger partial charge >= 0.3 is 29.6 Å². The molecule has 6 heteroatoms. The van der Waals surface area contributed by atoms with E-state index in [1.807, 2.05) is 6.92 Å². The Hall–Kier alpha value is 0.870. The molecule has 0 aromatic carbocycles. The van der Waals surface area contributed by atoms with Crippen LogP contribution in [-0.2, 0) is 10.1 Å². The van der Waals surface area contributed by atoms with Gasteiger partial charge in [-0.1, -0.05) is 52.4 Å². The topological polar surface area (TPSA) is 77.4 Å². The van der Waals surface area contributed by atoms with E-state index in [4.69, 9.17) is 0 Å². The maximum Gasteiger partial charge on any atom is 1.00 e. The van der Waals surface area contributed by atoms with Crippen molar-refractivity contribution >= 4 is 10.1 Å². The van der Waals surface area contributed by atoms with Gasteiger partial charge in [-0.3, -0.25) is 0 Å². The summed E-state index contributed by atoms with van der Waals surface area (Å²) in [7, 11) is -4.37. The minimum Gasteiger partial charge on any atom is -0.748 e. The van der Waals surface area contributed by atoms with Crippen LogP contribution in [0.15, 0.2) is 0 Å². The van der Waals surface area contributed by atoms with E-state index >= 15 is 0 Å². The fourth-order valence-corrected chi connectivity index (χ4v) is 3.00. The molecular weight excluding hydrogens is 263 g/mol. The van der Waals surface area contributed by atoms with Gasteiger partial charge in [0.2, 0.25) is 0 Å². The van der Waals surface area contributed by atoms with E-state index in [1.54, 1.807) is 0 Å². The summed E-state index contributed by atoms with van der Waals surface area (Å²) in [4.78, 5) is 0. The van der Waals surface area contributed by atoms with Crippen LogP contribution in [0.5, 0.6) is 0 Å². The predicted molar refractivity (Wildman–Crippen MR) is 67.8 cm³/mol. The zero-order valence-corrected chi connectivity index (χ0v) is 14.7. The first-order valence-electron chi connectivity index (χ1n) is 6.56. The van der Waals surface area contributed by atoms with Gasteiger partial charge in [-0.05, 0) is 12.8 Å². The third kappa shape index (κ3) is 9.75. The molecule has 0 aliphatic heterocycles. The van der Waals surface area contributed by atoms with Crippen LogP contribution < -0.4 is 29.6 Å². The molecule has 0 radical (unpaired) electrons. The van der Waals surface area contributed by atoms with Gasteiger partial charge < -0.3 is 9.66 Å². The van der Waals surface area contributed by atoms with Crippen LogP contribution in [-0.4, -0.2) is 29.4 Å². The average molecular weight is 288 g/mol. The zero-order chi connectivity index (χ0) is 13.3. The predicted octanol–water partition coefficient (Wildman–Crippen LogP) is -0.574. The smallest absolute Gasteiger partial charge is 0.748 e. The summed E-state index contributed by atoms with van der Waals surface area (Å²) in [6, 6.07) is 0. The summed E-state index contributed by atoms with van der Waals surface area (Å²) in [6.07, 6.45) is 5.45. The molecule has 4 nitrogen and oxygen atoms in total. The third-order valence-electron chi connectivity index (χ3n) is 2.98.